The highest BCUT2D eigenvalue weighted by molar-refractivity contribution is 8.15. The molecule has 176 valence electrons. The normalized spacial score (nSPS) is 16.0. The summed E-state index contributed by atoms with van der Waals surface area (Å²) in [6.45, 7) is 0.714. The van der Waals surface area contributed by atoms with Gasteiger partial charge >= 0.3 is 0 Å². The van der Waals surface area contributed by atoms with Crippen LogP contribution in [0.1, 0.15) is 12.1 Å². The predicted molar refractivity (Wildman–Crippen MR) is 135 cm³/mol. The van der Waals surface area contributed by atoms with Crippen LogP contribution in [0.4, 0.5) is 11.6 Å². The lowest BCUT2D eigenvalue weighted by atomic mass is 10.2. The third-order valence-corrected chi connectivity index (χ3v) is 9.72. The van der Waals surface area contributed by atoms with Crippen LogP contribution in [-0.4, -0.2) is 64.8 Å². The average Bonchev–Trinajstić information content (AvgIpc) is 3.62. The van der Waals surface area contributed by atoms with Gasteiger partial charge in [-0.3, -0.25) is 14.1 Å². The molecular formula is C21H21N7O3S3. The van der Waals surface area contributed by atoms with Gasteiger partial charge in [-0.2, -0.15) is 5.10 Å². The molecule has 1 atom stereocenters. The molecule has 0 aliphatic carbocycles. The summed E-state index contributed by atoms with van der Waals surface area (Å²) >= 11 is 2.74. The molecule has 0 saturated heterocycles. The molecule has 3 aromatic heterocycles. The Morgan fingerprint density at radius 2 is 2.18 bits per heavy atom. The largest absolute Gasteiger partial charge is 0.351 e. The van der Waals surface area contributed by atoms with Gasteiger partial charge in [0.05, 0.1) is 30.0 Å². The van der Waals surface area contributed by atoms with E-state index in [4.69, 9.17) is 0 Å². The molecule has 0 amide bonds. The lowest BCUT2D eigenvalue weighted by Gasteiger charge is -2.19. The maximum atomic E-state index is 13.0. The Bertz CT molecular complexity index is 1440. The van der Waals surface area contributed by atoms with Crippen molar-refractivity contribution < 1.29 is 13.2 Å². The number of anilines is 2. The first-order chi connectivity index (χ1) is 16.4. The molecule has 34 heavy (non-hydrogen) atoms. The molecule has 13 heteroatoms. The van der Waals surface area contributed by atoms with Crippen LogP contribution in [0.2, 0.25) is 0 Å². The Balaban J connectivity index is 1.29. The van der Waals surface area contributed by atoms with Gasteiger partial charge in [0.2, 0.25) is 5.95 Å². The first kappa shape index (κ1) is 22.6. The van der Waals surface area contributed by atoms with Crippen LogP contribution in [-0.2, 0) is 14.8 Å². The number of hydrogen-bond donors (Lipinski definition) is 3. The molecule has 0 saturated carbocycles. The number of thioether (sulfide) groups is 1. The van der Waals surface area contributed by atoms with Crippen molar-refractivity contribution in [3.8, 4) is 0 Å². The molecule has 0 bridgehead atoms. The number of carbonyl (C=O) groups excluding carboxylic acids is 1. The number of nitrogens with zero attached hydrogens (tertiary/aromatic N) is 4. The molecule has 0 radical (unpaired) electrons. The molecule has 1 aliphatic heterocycles. The van der Waals surface area contributed by atoms with Crippen LogP contribution in [0, 0.1) is 0 Å². The number of Topliss-reactive ketones (excluding diaryl/α,β-unsaturated/α-hetero) is 1. The molecule has 4 heterocycles. The molecule has 0 spiro atoms. The van der Waals surface area contributed by atoms with E-state index in [0.29, 0.717) is 28.8 Å². The molecule has 1 aliphatic rings. The number of aliphatic imine (C=N–C) groups is 1. The van der Waals surface area contributed by atoms with Gasteiger partial charge in [-0.05, 0) is 23.6 Å². The van der Waals surface area contributed by atoms with E-state index in [0.717, 1.165) is 21.6 Å². The van der Waals surface area contributed by atoms with Crippen LogP contribution >= 0.6 is 23.1 Å². The second-order valence-electron chi connectivity index (χ2n) is 7.65. The zero-order chi connectivity index (χ0) is 23.7. The number of para-hydroxylation sites is 1. The smallest absolute Gasteiger partial charge is 0.273 e. The van der Waals surface area contributed by atoms with E-state index in [-0.39, 0.29) is 17.6 Å². The summed E-state index contributed by atoms with van der Waals surface area (Å²) in [4.78, 5) is 24.2. The minimum absolute atomic E-state index is 0.0480. The number of aromatic amines is 2. The maximum Gasteiger partial charge on any atom is 0.273 e. The summed E-state index contributed by atoms with van der Waals surface area (Å²) in [6, 6.07) is 10.8. The SMILES string of the molecule is CN(c1cccc2cc(C3=NCC(CC(=O)CNc4ncn[nH]4)S3)[nH]c12)S(=O)(=O)c1cccs1. The summed E-state index contributed by atoms with van der Waals surface area (Å²) in [6.07, 6.45) is 1.76. The number of carbonyl (C=O) groups is 1. The number of sulfonamides is 1. The molecule has 1 aromatic carbocycles. The van der Waals surface area contributed by atoms with Crippen molar-refractivity contribution in [3.05, 3.63) is 53.8 Å². The summed E-state index contributed by atoms with van der Waals surface area (Å²) in [5, 5.41) is 12.8. The molecular weight excluding hydrogens is 494 g/mol. The zero-order valence-electron chi connectivity index (χ0n) is 18.1. The van der Waals surface area contributed by atoms with Crippen molar-refractivity contribution in [1.29, 1.82) is 0 Å². The van der Waals surface area contributed by atoms with Crippen LogP contribution in [0.5, 0.6) is 0 Å². The molecule has 0 fully saturated rings. The number of H-pyrrole nitrogens is 2. The van der Waals surface area contributed by atoms with Gasteiger partial charge in [0.1, 0.15) is 15.6 Å². The molecule has 1 unspecified atom stereocenters. The Labute approximate surface area is 203 Å². The van der Waals surface area contributed by atoms with Gasteiger partial charge in [-0.25, -0.2) is 18.5 Å². The van der Waals surface area contributed by atoms with E-state index in [1.54, 1.807) is 42.4 Å². The zero-order valence-corrected chi connectivity index (χ0v) is 20.5. The van der Waals surface area contributed by atoms with E-state index >= 15 is 0 Å². The fourth-order valence-corrected chi connectivity index (χ4v) is 7.15. The standard InChI is InChI=1S/C21H21N7O3S3/c1-28(34(30,31)18-6-3-7-32-18)17-5-2-4-13-8-16(26-19(13)17)20-22-11-15(33-20)9-14(29)10-23-21-24-12-25-27-21/h2-8,12,15,26H,9-11H2,1H3,(H2,23,24,25,27). The number of ketones is 1. The van der Waals surface area contributed by atoms with Crippen molar-refractivity contribution in [2.45, 2.75) is 15.9 Å². The van der Waals surface area contributed by atoms with Gasteiger partial charge in [-0.15, -0.1) is 11.3 Å². The Kier molecular flexibility index (Phi) is 6.15. The second-order valence-corrected chi connectivity index (χ2v) is 12.1. The Morgan fingerprint density at radius 1 is 1.29 bits per heavy atom. The van der Waals surface area contributed by atoms with Gasteiger partial charge in [0, 0.05) is 24.1 Å². The number of hydrogen-bond acceptors (Lipinski definition) is 9. The highest BCUT2D eigenvalue weighted by Crippen LogP contribution is 2.34. The average molecular weight is 516 g/mol. The number of thiophene rings is 1. The van der Waals surface area contributed by atoms with E-state index in [9.17, 15) is 13.2 Å². The Hall–Kier alpha value is -3.16. The lowest BCUT2D eigenvalue weighted by molar-refractivity contribution is -0.117. The summed E-state index contributed by atoms with van der Waals surface area (Å²) in [5.74, 6) is 0.522. The number of nitrogens with one attached hydrogen (secondary N) is 3. The van der Waals surface area contributed by atoms with Crippen molar-refractivity contribution in [2.75, 3.05) is 29.8 Å². The first-order valence-electron chi connectivity index (χ1n) is 10.4. The highest BCUT2D eigenvalue weighted by Gasteiger charge is 2.27. The number of benzene rings is 1. The lowest BCUT2D eigenvalue weighted by Crippen LogP contribution is -2.26. The highest BCUT2D eigenvalue weighted by atomic mass is 32.2. The van der Waals surface area contributed by atoms with Crippen LogP contribution in [0.25, 0.3) is 10.9 Å². The number of aromatic nitrogens is 4. The van der Waals surface area contributed by atoms with Crippen molar-refractivity contribution in [3.63, 3.8) is 0 Å². The molecule has 5 rings (SSSR count). The fourth-order valence-electron chi connectivity index (χ4n) is 3.66. The Morgan fingerprint density at radius 3 is 2.94 bits per heavy atom. The van der Waals surface area contributed by atoms with Crippen molar-refractivity contribution in [1.82, 2.24) is 20.2 Å². The summed E-state index contributed by atoms with van der Waals surface area (Å²) in [7, 11) is -2.10. The molecule has 4 aromatic rings. The molecule has 3 N–H and O–H groups in total. The van der Waals surface area contributed by atoms with E-state index < -0.39 is 10.0 Å². The van der Waals surface area contributed by atoms with Crippen LogP contribution in [0.15, 0.2) is 57.3 Å². The predicted octanol–water partition coefficient (Wildman–Crippen LogP) is 3.11. The van der Waals surface area contributed by atoms with Gasteiger partial charge in [-0.1, -0.05) is 30.0 Å². The number of fused-ring (bicyclic) bond motifs is 1. The van der Waals surface area contributed by atoms with Crippen LogP contribution in [0.3, 0.4) is 0 Å². The first-order valence-corrected chi connectivity index (χ1v) is 13.6. The number of rotatable bonds is 9. The van der Waals surface area contributed by atoms with E-state index in [2.05, 4.69) is 30.5 Å². The van der Waals surface area contributed by atoms with Crippen LogP contribution < -0.4 is 9.62 Å². The third kappa shape index (κ3) is 4.45. The summed E-state index contributed by atoms with van der Waals surface area (Å²) in [5.41, 5.74) is 2.09. The third-order valence-electron chi connectivity index (χ3n) is 5.35. The minimum atomic E-state index is -3.65. The van der Waals surface area contributed by atoms with Crippen molar-refractivity contribution in [2.24, 2.45) is 4.99 Å². The fraction of sp³-hybridized carbons (Fsp3) is 0.238. The monoisotopic (exact) mass is 515 g/mol. The van der Waals surface area contributed by atoms with Crippen molar-refractivity contribution >= 4 is 66.5 Å². The van der Waals surface area contributed by atoms with Gasteiger partial charge in [0.15, 0.2) is 5.78 Å². The topological polar surface area (TPSA) is 136 Å². The quantitative estimate of drug-likeness (QED) is 0.312. The van der Waals surface area contributed by atoms with E-state index in [1.807, 2.05) is 18.2 Å². The molecule has 10 nitrogen and oxygen atoms in total. The van der Waals surface area contributed by atoms with Gasteiger partial charge in [0.25, 0.3) is 10.0 Å². The minimum Gasteiger partial charge on any atom is -0.351 e. The second kappa shape index (κ2) is 9.24. The van der Waals surface area contributed by atoms with Gasteiger partial charge < -0.3 is 10.3 Å². The summed E-state index contributed by atoms with van der Waals surface area (Å²) < 4.78 is 27.6. The van der Waals surface area contributed by atoms with E-state index in [1.165, 1.54) is 22.0 Å². The maximum absolute atomic E-state index is 13.0.